The molecule has 0 aliphatic carbocycles. The predicted octanol–water partition coefficient (Wildman–Crippen LogP) is 3.75. The summed E-state index contributed by atoms with van der Waals surface area (Å²) < 4.78 is 16.3. The lowest BCUT2D eigenvalue weighted by atomic mass is 9.86. The number of benzene rings is 3. The average molecular weight is 742 g/mol. The van der Waals surface area contributed by atoms with E-state index in [1.807, 2.05) is 20.8 Å². The van der Waals surface area contributed by atoms with Crippen LogP contribution in [0.25, 0.3) is 0 Å². The first-order valence-corrected chi connectivity index (χ1v) is 16.8. The molecule has 4 amide bonds. The van der Waals surface area contributed by atoms with Crippen LogP contribution in [0.4, 0.5) is 17.1 Å². The summed E-state index contributed by atoms with van der Waals surface area (Å²) in [5.74, 6) is 3.24. The van der Waals surface area contributed by atoms with Gasteiger partial charge in [0.15, 0.2) is 5.71 Å². The van der Waals surface area contributed by atoms with Crippen molar-refractivity contribution in [1.29, 1.82) is 0 Å². The molecule has 0 spiro atoms. The molecule has 284 valence electrons. The lowest BCUT2D eigenvalue weighted by molar-refractivity contribution is -0.132. The van der Waals surface area contributed by atoms with E-state index in [9.17, 15) is 28.8 Å². The first-order valence-electron chi connectivity index (χ1n) is 16.8. The second kappa shape index (κ2) is 17.3. The zero-order chi connectivity index (χ0) is 39.7. The number of fused-ring (bicyclic) bond motifs is 1. The van der Waals surface area contributed by atoms with Gasteiger partial charge in [0.1, 0.15) is 41.8 Å². The van der Waals surface area contributed by atoms with Gasteiger partial charge in [0, 0.05) is 37.0 Å². The molecule has 5 N–H and O–H groups in total. The number of ether oxygens (including phenoxy) is 3. The minimum Gasteiger partial charge on any atom is -0.497 e. The van der Waals surface area contributed by atoms with E-state index in [1.165, 1.54) is 45.5 Å². The minimum atomic E-state index is -1.20. The van der Waals surface area contributed by atoms with Gasteiger partial charge in [-0.1, -0.05) is 26.8 Å². The van der Waals surface area contributed by atoms with Gasteiger partial charge in [0.2, 0.25) is 5.91 Å². The average Bonchev–Trinajstić information content (AvgIpc) is 3.39. The molecule has 0 fully saturated rings. The summed E-state index contributed by atoms with van der Waals surface area (Å²) in [6, 6.07) is 13.1. The molecule has 16 heteroatoms. The molecule has 3 aromatic rings. The summed E-state index contributed by atoms with van der Waals surface area (Å²) in [6.07, 6.45) is 0.511. The normalized spacial score (nSPS) is 13.5. The number of hydrogen-bond acceptors (Lipinski definition) is 13. The number of esters is 1. The van der Waals surface area contributed by atoms with Gasteiger partial charge >= 0.3 is 5.97 Å². The van der Waals surface area contributed by atoms with E-state index in [2.05, 4.69) is 26.0 Å². The number of nitrogens with two attached hydrogens (primary N) is 1. The van der Waals surface area contributed by atoms with Gasteiger partial charge in [-0.05, 0) is 60.7 Å². The number of hydrogen-bond donors (Lipinski definition) is 4. The number of carbonyl (C=O) groups is 6. The second-order valence-electron chi connectivity index (χ2n) is 13.1. The zero-order valence-electron chi connectivity index (χ0n) is 31.1. The Morgan fingerprint density at radius 1 is 0.981 bits per heavy atom. The van der Waals surface area contributed by atoms with Crippen LogP contribution in [0, 0.1) is 0 Å². The monoisotopic (exact) mass is 741 g/mol. The molecule has 1 aliphatic rings. The van der Waals surface area contributed by atoms with Gasteiger partial charge in [-0.25, -0.2) is 9.79 Å². The molecule has 0 radical (unpaired) electrons. The van der Waals surface area contributed by atoms with E-state index in [-0.39, 0.29) is 52.5 Å². The molecule has 1 aliphatic heterocycles. The molecule has 1 heterocycles. The van der Waals surface area contributed by atoms with Crippen LogP contribution in [0.5, 0.6) is 17.2 Å². The van der Waals surface area contributed by atoms with Gasteiger partial charge in [-0.3, -0.25) is 24.1 Å². The number of aliphatic imine (C=N–C) groups is 1. The first kappa shape index (κ1) is 40.2. The van der Waals surface area contributed by atoms with Crippen molar-refractivity contribution < 1.29 is 43.0 Å². The highest BCUT2D eigenvalue weighted by Gasteiger charge is 2.43. The quantitative estimate of drug-likeness (QED) is 0.0334. The van der Waals surface area contributed by atoms with Crippen molar-refractivity contribution in [3.8, 4) is 17.2 Å². The third-order valence-corrected chi connectivity index (χ3v) is 8.41. The topological polar surface area (TPSA) is 220 Å². The number of methoxy groups -OCH3 is 2. The number of likely N-dealkylation sites (N-methyl/N-ethyl adjacent to an activating group) is 1. The fraction of sp³-hybridized carbons (Fsp3) is 0.316. The Morgan fingerprint density at radius 3 is 2.35 bits per heavy atom. The van der Waals surface area contributed by atoms with E-state index in [0.29, 0.717) is 23.5 Å². The molecule has 16 nitrogen and oxygen atoms in total. The Morgan fingerprint density at radius 2 is 1.72 bits per heavy atom. The van der Waals surface area contributed by atoms with E-state index >= 15 is 0 Å². The third kappa shape index (κ3) is 9.07. The number of carbonyl (C=O) groups excluding carboxylic acids is 6. The number of imide groups is 1. The summed E-state index contributed by atoms with van der Waals surface area (Å²) in [6.45, 7) is 6.97. The van der Waals surface area contributed by atoms with Gasteiger partial charge in [-0.15, -0.1) is 0 Å². The Bertz CT molecular complexity index is 2040. The van der Waals surface area contributed by atoms with Crippen LogP contribution >= 0.6 is 0 Å². The number of nitrogens with one attached hydrogen (secondary N) is 3. The van der Waals surface area contributed by atoms with Crippen LogP contribution < -0.4 is 36.0 Å². The molecule has 54 heavy (non-hydrogen) atoms. The summed E-state index contributed by atoms with van der Waals surface area (Å²) >= 11 is 0. The maximum atomic E-state index is 13.5. The van der Waals surface area contributed by atoms with Crippen molar-refractivity contribution in [2.75, 3.05) is 38.4 Å². The summed E-state index contributed by atoms with van der Waals surface area (Å²) in [5, 5.41) is 11.7. The predicted molar refractivity (Wildman–Crippen MR) is 202 cm³/mol. The summed E-state index contributed by atoms with van der Waals surface area (Å²) in [7, 11) is 4.36. The zero-order valence-corrected chi connectivity index (χ0v) is 31.1. The van der Waals surface area contributed by atoms with Crippen molar-refractivity contribution >= 4 is 64.4 Å². The van der Waals surface area contributed by atoms with Crippen molar-refractivity contribution in [2.24, 2.45) is 15.9 Å². The number of hydrazone groups is 1. The van der Waals surface area contributed by atoms with Gasteiger partial charge in [0.25, 0.3) is 17.7 Å². The summed E-state index contributed by atoms with van der Waals surface area (Å²) in [4.78, 5) is 82.3. The number of rotatable bonds is 15. The largest absolute Gasteiger partial charge is 0.497 e. The molecule has 1 atom stereocenters. The highest BCUT2D eigenvalue weighted by Crippen LogP contribution is 2.34. The van der Waals surface area contributed by atoms with E-state index in [0.717, 1.165) is 10.5 Å². The Labute approximate surface area is 312 Å². The Hall–Kier alpha value is -6.58. The van der Waals surface area contributed by atoms with Crippen molar-refractivity contribution in [3.63, 3.8) is 0 Å². The number of nitrogens with zero attached hydrogens (tertiary/aromatic N) is 3. The fourth-order valence-electron chi connectivity index (χ4n) is 5.63. The van der Waals surface area contributed by atoms with E-state index in [1.54, 1.807) is 37.3 Å². The highest BCUT2D eigenvalue weighted by atomic mass is 16.5. The van der Waals surface area contributed by atoms with Crippen LogP contribution in [0.1, 0.15) is 66.8 Å². The number of aldehydes is 1. The third-order valence-electron chi connectivity index (χ3n) is 8.41. The molecule has 0 aromatic heterocycles. The molecule has 3 aromatic carbocycles. The lowest BCUT2D eigenvalue weighted by Gasteiger charge is -2.24. The SMILES string of the molecule is CNC(=O)C(CCC=O)N1C(=O)c2cccc(NCC(=O)Oc3cc(NC(=O)/C(=N/N)C(C)=Nc4cc(OC)ccc4OC)cc(C(C)(C)C)c3)c2C1=O. The molecular formula is C38H43N7O9. The van der Waals surface area contributed by atoms with Crippen LogP contribution in [0.15, 0.2) is 64.7 Å². The van der Waals surface area contributed by atoms with Gasteiger partial charge < -0.3 is 40.8 Å². The highest BCUT2D eigenvalue weighted by molar-refractivity contribution is 6.68. The van der Waals surface area contributed by atoms with Crippen LogP contribution in [0.3, 0.4) is 0 Å². The van der Waals surface area contributed by atoms with Crippen molar-refractivity contribution in [1.82, 2.24) is 10.2 Å². The summed E-state index contributed by atoms with van der Waals surface area (Å²) in [5.41, 5.74) is 1.16. The maximum Gasteiger partial charge on any atom is 0.330 e. The molecule has 0 saturated carbocycles. The van der Waals surface area contributed by atoms with E-state index in [4.69, 9.17) is 20.1 Å². The second-order valence-corrected chi connectivity index (χ2v) is 13.1. The molecular weight excluding hydrogens is 698 g/mol. The molecule has 1 unspecified atom stereocenters. The van der Waals surface area contributed by atoms with E-state index < -0.39 is 47.6 Å². The number of anilines is 2. The van der Waals surface area contributed by atoms with Crippen LogP contribution in [0.2, 0.25) is 0 Å². The van der Waals surface area contributed by atoms with Gasteiger partial charge in [-0.2, -0.15) is 5.10 Å². The van der Waals surface area contributed by atoms with Crippen molar-refractivity contribution in [2.45, 2.75) is 52.0 Å². The molecule has 0 saturated heterocycles. The van der Waals surface area contributed by atoms with Gasteiger partial charge in [0.05, 0.1) is 31.1 Å². The first-order chi connectivity index (χ1) is 25.7. The smallest absolute Gasteiger partial charge is 0.330 e. The van der Waals surface area contributed by atoms with Crippen LogP contribution in [-0.4, -0.2) is 86.1 Å². The molecule has 0 bridgehead atoms. The maximum absolute atomic E-state index is 13.5. The number of amides is 4. The standard InChI is InChI=1S/C38H43N7O9/c1-21(42-28-19-24(52-6)13-14-30(28)53-7)33(44-39)35(49)43-23-16-22(38(2,3)4)17-25(18-23)54-31(47)20-41-27-11-8-10-26-32(27)37(51)45(36(26)50)29(12-9-15-46)34(48)40-5/h8,10-11,13-19,29,41H,9,12,20,39H2,1-7H3,(H,40,48)(H,43,49)/b42-21?,44-33+. The fourth-order valence-corrected chi connectivity index (χ4v) is 5.63. The Kier molecular flexibility index (Phi) is 12.9. The molecule has 4 rings (SSSR count). The lowest BCUT2D eigenvalue weighted by Crippen LogP contribution is -2.48. The Balaban J connectivity index is 1.53. The van der Waals surface area contributed by atoms with Crippen LogP contribution in [-0.2, 0) is 24.6 Å². The van der Waals surface area contributed by atoms with Crippen molar-refractivity contribution in [3.05, 3.63) is 71.3 Å². The minimum absolute atomic E-state index is 0.0175.